The normalized spacial score (nSPS) is 15.7. The van der Waals surface area contributed by atoms with Crippen molar-refractivity contribution in [2.24, 2.45) is 0 Å². The molecule has 14 rings (SSSR count). The average molecular weight is 1140 g/mol. The van der Waals surface area contributed by atoms with Gasteiger partial charge in [-0.05, 0) is 157 Å². The molecule has 86 heavy (non-hydrogen) atoms. The predicted molar refractivity (Wildman–Crippen MR) is 342 cm³/mol. The molecule has 4 aliphatic rings. The van der Waals surface area contributed by atoms with Gasteiger partial charge in [0.2, 0.25) is 0 Å². The molecule has 0 spiro atoms. The first-order chi connectivity index (χ1) is 41.7. The second-order valence-corrected chi connectivity index (χ2v) is 24.3. The lowest BCUT2D eigenvalue weighted by Crippen LogP contribution is -2.29. The highest BCUT2D eigenvalue weighted by Crippen LogP contribution is 2.55. The van der Waals surface area contributed by atoms with Crippen LogP contribution in [0.15, 0.2) is 224 Å². The van der Waals surface area contributed by atoms with E-state index in [-0.39, 0.29) is 39.9 Å². The summed E-state index contributed by atoms with van der Waals surface area (Å²) in [6.07, 6.45) is 13.2. The summed E-state index contributed by atoms with van der Waals surface area (Å²) < 4.78 is 12.1. The van der Waals surface area contributed by atoms with Gasteiger partial charge < -0.3 is 40.1 Å². The van der Waals surface area contributed by atoms with Crippen molar-refractivity contribution in [3.63, 3.8) is 0 Å². The van der Waals surface area contributed by atoms with E-state index in [1.54, 1.807) is 72.8 Å². The van der Waals surface area contributed by atoms with Crippen LogP contribution in [0.5, 0.6) is 57.5 Å². The molecule has 2 heterocycles. The molecule has 2 saturated carbocycles. The maximum Gasteiger partial charge on any atom is 0.135 e. The highest BCUT2D eigenvalue weighted by atomic mass is 16.5. The molecule has 10 aromatic carbocycles. The van der Waals surface area contributed by atoms with E-state index in [1.807, 2.05) is 66.7 Å². The topological polar surface area (TPSA) is 140 Å². The molecular formula is C78H74O8. The van der Waals surface area contributed by atoms with Crippen LogP contribution in [-0.4, -0.2) is 30.6 Å². The number of ether oxygens (including phenoxy) is 2. The number of fused-ring (bicyclic) bond motifs is 4. The molecule has 0 unspecified atom stereocenters. The van der Waals surface area contributed by atoms with Crippen LogP contribution in [0.4, 0.5) is 0 Å². The lowest BCUT2D eigenvalue weighted by molar-refractivity contribution is 0.409. The van der Waals surface area contributed by atoms with Crippen LogP contribution >= 0.6 is 0 Å². The van der Waals surface area contributed by atoms with E-state index < -0.39 is 10.8 Å². The zero-order valence-corrected chi connectivity index (χ0v) is 49.1. The predicted octanol–water partition coefficient (Wildman–Crippen LogP) is 19.3. The van der Waals surface area contributed by atoms with Gasteiger partial charge in [-0.2, -0.15) is 0 Å². The maximum absolute atomic E-state index is 9.98. The zero-order valence-electron chi connectivity index (χ0n) is 49.1. The number of hydrogen-bond acceptors (Lipinski definition) is 8. The number of benzene rings is 10. The standard InChI is InChI=1S/C26H26O3.C26H20O3.C26H28O2/c2*1-26(19-9-7-18(8-10-19)17-5-3-2-4-6-17)22-13-11-20(27)15-24(22)29-25-16-21(28)12-14-23(25)26;1-26(22-11-15-24(27)16-12-22,23-13-17-25(28)18-14-23)21-9-7-20(8-10-21)19-5-3-2-4-6-19/h7-17,27-28H,2-6H2,1H3;2-16,27-28H,1H3;7-19,27-28H,2-6H2,1H3. The Morgan fingerprint density at radius 2 is 0.616 bits per heavy atom. The Kier molecular flexibility index (Phi) is 15.9. The van der Waals surface area contributed by atoms with Gasteiger partial charge in [-0.1, -0.05) is 190 Å². The van der Waals surface area contributed by atoms with Gasteiger partial charge in [0, 0.05) is 62.8 Å². The lowest BCUT2D eigenvalue weighted by atomic mass is 9.69. The number of phenols is 6. The Bertz CT molecular complexity index is 3820. The van der Waals surface area contributed by atoms with Crippen LogP contribution in [0.25, 0.3) is 11.1 Å². The Labute approximate surface area is 504 Å². The lowest BCUT2D eigenvalue weighted by Gasteiger charge is -2.38. The second-order valence-electron chi connectivity index (χ2n) is 24.3. The van der Waals surface area contributed by atoms with Crippen LogP contribution < -0.4 is 9.47 Å². The van der Waals surface area contributed by atoms with Gasteiger partial charge in [-0.25, -0.2) is 0 Å². The summed E-state index contributed by atoms with van der Waals surface area (Å²) in [4.78, 5) is 0. The summed E-state index contributed by atoms with van der Waals surface area (Å²) in [6.45, 7) is 6.55. The molecule has 2 aliphatic carbocycles. The minimum atomic E-state index is -0.487. The number of aromatic hydroxyl groups is 6. The smallest absolute Gasteiger partial charge is 0.135 e. The van der Waals surface area contributed by atoms with Gasteiger partial charge >= 0.3 is 0 Å². The molecule has 2 aliphatic heterocycles. The summed E-state index contributed by atoms with van der Waals surface area (Å²) in [7, 11) is 0. The molecule has 8 nitrogen and oxygen atoms in total. The van der Waals surface area contributed by atoms with Crippen molar-refractivity contribution in [1.82, 2.24) is 0 Å². The van der Waals surface area contributed by atoms with Gasteiger partial charge in [0.05, 0.1) is 0 Å². The fourth-order valence-corrected chi connectivity index (χ4v) is 13.9. The van der Waals surface area contributed by atoms with Crippen LogP contribution in [-0.2, 0) is 16.2 Å². The summed E-state index contributed by atoms with van der Waals surface area (Å²) in [5.74, 6) is 4.98. The summed E-state index contributed by atoms with van der Waals surface area (Å²) in [5.41, 5.74) is 13.6. The number of phenolic OH excluding ortho intramolecular Hbond substituents is 6. The van der Waals surface area contributed by atoms with Gasteiger partial charge in [-0.15, -0.1) is 0 Å². The third kappa shape index (κ3) is 11.1. The minimum Gasteiger partial charge on any atom is -0.508 e. The summed E-state index contributed by atoms with van der Waals surface area (Å²) >= 11 is 0. The highest BCUT2D eigenvalue weighted by molar-refractivity contribution is 5.69. The van der Waals surface area contributed by atoms with Gasteiger partial charge in [-0.3, -0.25) is 0 Å². The molecule has 0 bridgehead atoms. The van der Waals surface area contributed by atoms with Crippen LogP contribution in [0.3, 0.4) is 0 Å². The van der Waals surface area contributed by atoms with Crippen molar-refractivity contribution in [2.45, 2.75) is 113 Å². The van der Waals surface area contributed by atoms with Crippen molar-refractivity contribution < 1.29 is 40.1 Å². The first-order valence-electron chi connectivity index (χ1n) is 30.3. The van der Waals surface area contributed by atoms with Crippen molar-refractivity contribution in [2.75, 3.05) is 0 Å². The maximum atomic E-state index is 9.98. The molecule has 0 atom stereocenters. The van der Waals surface area contributed by atoms with E-state index in [0.717, 1.165) is 44.5 Å². The fraction of sp³-hybridized carbons (Fsp3) is 0.231. The quantitative estimate of drug-likeness (QED) is 0.0827. The molecule has 0 radical (unpaired) electrons. The van der Waals surface area contributed by atoms with Gasteiger partial charge in [0.25, 0.3) is 0 Å². The largest absolute Gasteiger partial charge is 0.508 e. The molecule has 0 saturated heterocycles. The van der Waals surface area contributed by atoms with Crippen molar-refractivity contribution >= 4 is 0 Å². The van der Waals surface area contributed by atoms with Gasteiger partial charge in [0.1, 0.15) is 57.5 Å². The van der Waals surface area contributed by atoms with Gasteiger partial charge in [0.15, 0.2) is 0 Å². The molecular weight excluding hydrogens is 1060 g/mol. The highest BCUT2D eigenvalue weighted by Gasteiger charge is 2.42. The Morgan fingerprint density at radius 1 is 0.326 bits per heavy atom. The third-order valence-corrected chi connectivity index (χ3v) is 19.0. The van der Waals surface area contributed by atoms with Crippen LogP contribution in [0.2, 0.25) is 0 Å². The number of hydrogen-bond donors (Lipinski definition) is 6. The molecule has 434 valence electrons. The van der Waals surface area contributed by atoms with E-state index in [4.69, 9.17) is 9.47 Å². The Balaban J connectivity index is 0.000000126. The minimum absolute atomic E-state index is 0.147. The second kappa shape index (κ2) is 23.9. The monoisotopic (exact) mass is 1140 g/mol. The number of rotatable bonds is 8. The van der Waals surface area contributed by atoms with Crippen molar-refractivity contribution in [3.05, 3.63) is 286 Å². The zero-order chi connectivity index (χ0) is 59.6. The van der Waals surface area contributed by atoms with Crippen molar-refractivity contribution in [1.29, 1.82) is 0 Å². The first-order valence-corrected chi connectivity index (χ1v) is 30.3. The molecule has 0 aromatic heterocycles. The van der Waals surface area contributed by atoms with E-state index in [2.05, 4.69) is 106 Å². The Morgan fingerprint density at radius 3 is 0.965 bits per heavy atom. The average Bonchev–Trinajstić information content (AvgIpc) is 0.883. The van der Waals surface area contributed by atoms with Crippen LogP contribution in [0.1, 0.15) is 158 Å². The van der Waals surface area contributed by atoms with Crippen molar-refractivity contribution in [3.8, 4) is 68.6 Å². The Hall–Kier alpha value is -9.40. The van der Waals surface area contributed by atoms with Crippen LogP contribution in [0, 0.1) is 0 Å². The molecule has 0 amide bonds. The van der Waals surface area contributed by atoms with E-state index in [9.17, 15) is 30.6 Å². The molecule has 6 N–H and O–H groups in total. The summed E-state index contributed by atoms with van der Waals surface area (Å²) in [5, 5.41) is 59.4. The van der Waals surface area contributed by atoms with E-state index in [0.29, 0.717) is 34.8 Å². The van der Waals surface area contributed by atoms with E-state index in [1.165, 1.54) is 92.0 Å². The van der Waals surface area contributed by atoms with E-state index >= 15 is 0 Å². The first kappa shape index (κ1) is 57.1. The summed E-state index contributed by atoms with van der Waals surface area (Å²) in [6, 6.07) is 72.9. The molecule has 2 fully saturated rings. The fourth-order valence-electron chi connectivity index (χ4n) is 13.9. The SMILES string of the molecule is CC(c1ccc(O)cc1)(c1ccc(O)cc1)c1ccc(C2CCCCC2)cc1.CC1(c2ccc(-c3ccccc3)cc2)c2ccc(O)cc2Oc2cc(O)ccc21.CC1(c2ccc(C3CCCCC3)cc2)c2ccc(O)cc2Oc2cc(O)ccc21. The molecule has 8 heteroatoms. The molecule has 10 aromatic rings. The third-order valence-electron chi connectivity index (χ3n) is 19.0.